The first-order valence-corrected chi connectivity index (χ1v) is 5.25. The van der Waals surface area contributed by atoms with Gasteiger partial charge in [0.15, 0.2) is 5.79 Å². The molecular weight excluding hydrogens is 212 g/mol. The van der Waals surface area contributed by atoms with E-state index < -0.39 is 24.0 Å². The number of hydrogen-bond donors (Lipinski definition) is 1. The predicted molar refractivity (Wildman–Crippen MR) is 54.5 cm³/mol. The van der Waals surface area contributed by atoms with Crippen LogP contribution in [0, 0.1) is 0 Å². The zero-order chi connectivity index (χ0) is 11.9. The fourth-order valence-corrected chi connectivity index (χ4v) is 2.18. The third kappa shape index (κ3) is 1.98. The van der Waals surface area contributed by atoms with Gasteiger partial charge in [0.25, 0.3) is 0 Å². The number of carbonyl (C=O) groups excluding carboxylic acids is 1. The number of aliphatic hydroxyl groups excluding tert-OH is 1. The second-order valence-corrected chi connectivity index (χ2v) is 4.52. The molecule has 1 aliphatic heterocycles. The Labute approximate surface area is 94.0 Å². The van der Waals surface area contributed by atoms with Crippen LogP contribution in [0.3, 0.4) is 0 Å². The van der Waals surface area contributed by atoms with Crippen molar-refractivity contribution in [3.8, 4) is 0 Å². The van der Waals surface area contributed by atoms with Gasteiger partial charge in [0.1, 0.15) is 12.2 Å². The maximum absolute atomic E-state index is 11.4. The normalized spacial score (nSPS) is 36.5. The van der Waals surface area contributed by atoms with Crippen LogP contribution in [-0.2, 0) is 19.0 Å². The smallest absolute Gasteiger partial charge is 0.333 e. The van der Waals surface area contributed by atoms with Crippen molar-refractivity contribution in [3.63, 3.8) is 0 Å². The van der Waals surface area contributed by atoms with Gasteiger partial charge in [0.05, 0.1) is 13.2 Å². The standard InChI is InChI=1S/C11H16O5/c1-11(2)15-8-5-6(10(13)14-3)4-7(12)9(8)16-11/h4,7-9,12H,5H2,1-3H3/t7-,8+,9-/m0/s1. The van der Waals surface area contributed by atoms with Crippen molar-refractivity contribution in [2.45, 2.75) is 44.4 Å². The Morgan fingerprint density at radius 2 is 2.25 bits per heavy atom. The van der Waals surface area contributed by atoms with E-state index in [0.717, 1.165) is 0 Å². The molecule has 0 amide bonds. The molecule has 1 N–H and O–H groups in total. The van der Waals surface area contributed by atoms with Gasteiger partial charge in [-0.3, -0.25) is 0 Å². The van der Waals surface area contributed by atoms with Crippen molar-refractivity contribution in [3.05, 3.63) is 11.6 Å². The summed E-state index contributed by atoms with van der Waals surface area (Å²) in [5.74, 6) is -1.14. The lowest BCUT2D eigenvalue weighted by Crippen LogP contribution is -2.39. The summed E-state index contributed by atoms with van der Waals surface area (Å²) in [4.78, 5) is 11.4. The van der Waals surface area contributed by atoms with Crippen molar-refractivity contribution in [2.75, 3.05) is 7.11 Å². The lowest BCUT2D eigenvalue weighted by Gasteiger charge is -2.25. The Morgan fingerprint density at radius 1 is 1.56 bits per heavy atom. The Kier molecular flexibility index (Phi) is 2.77. The molecule has 0 radical (unpaired) electrons. The van der Waals surface area contributed by atoms with Gasteiger partial charge in [-0.25, -0.2) is 4.79 Å². The van der Waals surface area contributed by atoms with Crippen LogP contribution >= 0.6 is 0 Å². The minimum atomic E-state index is -0.824. The second kappa shape index (κ2) is 3.84. The maximum atomic E-state index is 11.4. The van der Waals surface area contributed by atoms with Gasteiger partial charge >= 0.3 is 5.97 Å². The molecule has 3 atom stereocenters. The van der Waals surface area contributed by atoms with Crippen LogP contribution in [0.15, 0.2) is 11.6 Å². The van der Waals surface area contributed by atoms with Crippen LogP contribution in [-0.4, -0.2) is 42.3 Å². The molecule has 0 bridgehead atoms. The van der Waals surface area contributed by atoms with E-state index in [1.54, 1.807) is 13.8 Å². The fourth-order valence-electron chi connectivity index (χ4n) is 2.18. The summed E-state index contributed by atoms with van der Waals surface area (Å²) in [6.45, 7) is 3.58. The molecule has 5 nitrogen and oxygen atoms in total. The topological polar surface area (TPSA) is 65.0 Å². The summed E-state index contributed by atoms with van der Waals surface area (Å²) < 4.78 is 15.8. The number of methoxy groups -OCH3 is 1. The summed E-state index contributed by atoms with van der Waals surface area (Å²) in [5, 5.41) is 9.84. The number of fused-ring (bicyclic) bond motifs is 1. The lowest BCUT2D eigenvalue weighted by molar-refractivity contribution is -0.151. The van der Waals surface area contributed by atoms with E-state index in [1.807, 2.05) is 0 Å². The molecule has 0 aromatic heterocycles. The first-order chi connectivity index (χ1) is 7.43. The summed E-state index contributed by atoms with van der Waals surface area (Å²) in [6.07, 6.45) is 0.386. The van der Waals surface area contributed by atoms with Gasteiger partial charge in [0.2, 0.25) is 0 Å². The van der Waals surface area contributed by atoms with Crippen molar-refractivity contribution in [2.24, 2.45) is 0 Å². The Bertz CT molecular complexity index is 333. The molecule has 2 rings (SSSR count). The van der Waals surface area contributed by atoms with Gasteiger partial charge in [-0.05, 0) is 19.9 Å². The van der Waals surface area contributed by atoms with Crippen LogP contribution in [0.5, 0.6) is 0 Å². The summed E-state index contributed by atoms with van der Waals surface area (Å²) in [5.41, 5.74) is 0.442. The maximum Gasteiger partial charge on any atom is 0.333 e. The number of aliphatic hydroxyl groups is 1. The molecule has 0 spiro atoms. The molecule has 1 aliphatic carbocycles. The molecule has 90 valence electrons. The molecule has 2 aliphatic rings. The summed E-state index contributed by atoms with van der Waals surface area (Å²) in [6, 6.07) is 0. The third-order valence-electron chi connectivity index (χ3n) is 2.80. The van der Waals surface area contributed by atoms with E-state index in [-0.39, 0.29) is 6.10 Å². The third-order valence-corrected chi connectivity index (χ3v) is 2.80. The van der Waals surface area contributed by atoms with Crippen molar-refractivity contribution >= 4 is 5.97 Å². The van der Waals surface area contributed by atoms with E-state index >= 15 is 0 Å². The second-order valence-electron chi connectivity index (χ2n) is 4.52. The number of esters is 1. The molecule has 5 heteroatoms. The number of ether oxygens (including phenoxy) is 3. The Hall–Kier alpha value is -0.910. The molecule has 16 heavy (non-hydrogen) atoms. The van der Waals surface area contributed by atoms with Gasteiger partial charge in [-0.15, -0.1) is 0 Å². The molecular formula is C11H16O5. The average Bonchev–Trinajstić information content (AvgIpc) is 2.52. The highest BCUT2D eigenvalue weighted by atomic mass is 16.8. The molecule has 0 saturated carbocycles. The minimum absolute atomic E-state index is 0.288. The minimum Gasteiger partial charge on any atom is -0.466 e. The summed E-state index contributed by atoms with van der Waals surface area (Å²) >= 11 is 0. The zero-order valence-electron chi connectivity index (χ0n) is 9.60. The highest BCUT2D eigenvalue weighted by Crippen LogP contribution is 2.36. The molecule has 0 unspecified atom stereocenters. The predicted octanol–water partition coefficient (Wildman–Crippen LogP) is 0.370. The molecule has 0 aromatic carbocycles. The fraction of sp³-hybridized carbons (Fsp3) is 0.727. The van der Waals surface area contributed by atoms with E-state index in [9.17, 15) is 9.90 Å². The highest BCUT2D eigenvalue weighted by molar-refractivity contribution is 5.88. The molecule has 0 aromatic rings. The molecule has 1 fully saturated rings. The summed E-state index contributed by atoms with van der Waals surface area (Å²) in [7, 11) is 1.32. The largest absolute Gasteiger partial charge is 0.466 e. The van der Waals surface area contributed by atoms with Crippen LogP contribution in [0.4, 0.5) is 0 Å². The van der Waals surface area contributed by atoms with Gasteiger partial charge in [0, 0.05) is 12.0 Å². The van der Waals surface area contributed by atoms with E-state index in [4.69, 9.17) is 9.47 Å². The van der Waals surface area contributed by atoms with Crippen molar-refractivity contribution in [1.82, 2.24) is 0 Å². The van der Waals surface area contributed by atoms with Crippen LogP contribution in [0.1, 0.15) is 20.3 Å². The highest BCUT2D eigenvalue weighted by Gasteiger charge is 2.47. The SMILES string of the molecule is COC(=O)C1=C[C@H](O)[C@@H]2OC(C)(C)O[C@@H]2C1. The van der Waals surface area contributed by atoms with Crippen LogP contribution in [0.2, 0.25) is 0 Å². The van der Waals surface area contributed by atoms with Crippen molar-refractivity contribution < 1.29 is 24.1 Å². The van der Waals surface area contributed by atoms with E-state index in [0.29, 0.717) is 12.0 Å². The average molecular weight is 228 g/mol. The van der Waals surface area contributed by atoms with Gasteiger partial charge < -0.3 is 19.3 Å². The van der Waals surface area contributed by atoms with Crippen LogP contribution in [0.25, 0.3) is 0 Å². The van der Waals surface area contributed by atoms with Gasteiger partial charge in [-0.1, -0.05) is 0 Å². The number of hydrogen-bond acceptors (Lipinski definition) is 5. The number of carbonyl (C=O) groups is 1. The Morgan fingerprint density at radius 3 is 2.88 bits per heavy atom. The lowest BCUT2D eigenvalue weighted by atomic mass is 9.92. The molecule has 1 heterocycles. The molecule has 1 saturated heterocycles. The first kappa shape index (κ1) is 11.6. The van der Waals surface area contributed by atoms with Crippen LogP contribution < -0.4 is 0 Å². The first-order valence-electron chi connectivity index (χ1n) is 5.25. The Balaban J connectivity index is 2.16. The quantitative estimate of drug-likeness (QED) is 0.657. The van der Waals surface area contributed by atoms with E-state index in [2.05, 4.69) is 4.74 Å². The monoisotopic (exact) mass is 228 g/mol. The van der Waals surface area contributed by atoms with Crippen molar-refractivity contribution in [1.29, 1.82) is 0 Å². The number of rotatable bonds is 1. The van der Waals surface area contributed by atoms with E-state index in [1.165, 1.54) is 13.2 Å². The zero-order valence-corrected chi connectivity index (χ0v) is 9.60. The van der Waals surface area contributed by atoms with Gasteiger partial charge in [-0.2, -0.15) is 0 Å².